The van der Waals surface area contributed by atoms with Crippen molar-refractivity contribution in [1.29, 1.82) is 0 Å². The highest BCUT2D eigenvalue weighted by atomic mass is 79.9. The lowest BCUT2D eigenvalue weighted by Gasteiger charge is -2.28. The number of amidine groups is 1. The fourth-order valence-corrected chi connectivity index (χ4v) is 3.46. The van der Waals surface area contributed by atoms with Gasteiger partial charge in [-0.2, -0.15) is 0 Å². The molecule has 1 atom stereocenters. The van der Waals surface area contributed by atoms with Gasteiger partial charge in [-0.15, -0.1) is 11.6 Å². The van der Waals surface area contributed by atoms with Crippen LogP contribution in [0.1, 0.15) is 0 Å². The Hall–Kier alpha value is -1.68. The van der Waals surface area contributed by atoms with Gasteiger partial charge in [-0.25, -0.2) is 19.1 Å². The van der Waals surface area contributed by atoms with Gasteiger partial charge >= 0.3 is 6.03 Å². The molecule has 1 saturated heterocycles. The van der Waals surface area contributed by atoms with Gasteiger partial charge in [-0.3, -0.25) is 9.69 Å². The molecule has 1 unspecified atom stereocenters. The number of anilines is 2. The maximum absolute atomic E-state index is 14.4. The van der Waals surface area contributed by atoms with Crippen molar-refractivity contribution >= 4 is 84.2 Å². The Morgan fingerprint density at radius 1 is 1.17 bits per heavy atom. The number of para-hydroxylation sites is 2. The van der Waals surface area contributed by atoms with E-state index >= 15 is 0 Å². The predicted octanol–water partition coefficient (Wildman–Crippen LogP) is 5.44. The first kappa shape index (κ1) is 23.0. The van der Waals surface area contributed by atoms with Crippen LogP contribution in [0.15, 0.2) is 53.5 Å². The SMILES string of the molecule is CN1C(=O)C(=NC(Nc2ccccc2Cl)C(Br)(Br)CCl)N(c2ccccc2F)C1=O. The fourth-order valence-electron chi connectivity index (χ4n) is 2.69. The summed E-state index contributed by atoms with van der Waals surface area (Å²) in [5, 5.41) is 3.52. The summed E-state index contributed by atoms with van der Waals surface area (Å²) in [7, 11) is 1.30. The minimum Gasteiger partial charge on any atom is -0.361 e. The molecular formula is C19H15Br2Cl2FN4O2. The Morgan fingerprint density at radius 2 is 1.80 bits per heavy atom. The number of urea groups is 1. The van der Waals surface area contributed by atoms with E-state index in [0.717, 1.165) is 9.80 Å². The number of likely N-dealkylation sites (N-methyl/N-ethyl adjacent to an activating group) is 1. The van der Waals surface area contributed by atoms with Gasteiger partial charge in [-0.1, -0.05) is 67.7 Å². The maximum Gasteiger partial charge on any atom is 0.337 e. The van der Waals surface area contributed by atoms with Crippen LogP contribution in [0.3, 0.4) is 0 Å². The Bertz CT molecular complexity index is 1020. The molecule has 1 aliphatic heterocycles. The van der Waals surface area contributed by atoms with Gasteiger partial charge in [-0.05, 0) is 24.3 Å². The lowest BCUT2D eigenvalue weighted by Crippen LogP contribution is -2.41. The van der Waals surface area contributed by atoms with E-state index in [1.54, 1.807) is 30.3 Å². The smallest absolute Gasteiger partial charge is 0.337 e. The number of hydrogen-bond acceptors (Lipinski definition) is 4. The highest BCUT2D eigenvalue weighted by Gasteiger charge is 2.44. The largest absolute Gasteiger partial charge is 0.361 e. The molecule has 0 aliphatic carbocycles. The molecule has 0 spiro atoms. The zero-order chi connectivity index (χ0) is 22.1. The van der Waals surface area contributed by atoms with Crippen LogP contribution in [-0.4, -0.2) is 45.0 Å². The van der Waals surface area contributed by atoms with Crippen LogP contribution in [0.4, 0.5) is 20.6 Å². The van der Waals surface area contributed by atoms with Crippen molar-refractivity contribution in [2.45, 2.75) is 9.40 Å². The summed E-state index contributed by atoms with van der Waals surface area (Å²) in [5.74, 6) is -1.58. The molecule has 6 nitrogen and oxygen atoms in total. The number of halogens is 5. The minimum absolute atomic E-state index is 0.0313. The van der Waals surface area contributed by atoms with Crippen LogP contribution in [-0.2, 0) is 4.79 Å². The number of nitrogens with zero attached hydrogens (tertiary/aromatic N) is 3. The van der Waals surface area contributed by atoms with Crippen molar-refractivity contribution in [2.75, 3.05) is 23.1 Å². The molecule has 0 aromatic heterocycles. The second-order valence-electron chi connectivity index (χ2n) is 6.31. The third kappa shape index (κ3) is 4.49. The quantitative estimate of drug-likeness (QED) is 0.366. The average Bonchev–Trinajstić information content (AvgIpc) is 2.93. The van der Waals surface area contributed by atoms with Crippen LogP contribution in [0.5, 0.6) is 0 Å². The van der Waals surface area contributed by atoms with E-state index in [-0.39, 0.29) is 17.4 Å². The topological polar surface area (TPSA) is 65.0 Å². The second kappa shape index (κ2) is 9.21. The highest BCUT2D eigenvalue weighted by molar-refractivity contribution is 9.25. The normalized spacial score (nSPS) is 17.1. The number of rotatable bonds is 6. The minimum atomic E-state index is -1.01. The zero-order valence-electron chi connectivity index (χ0n) is 15.5. The van der Waals surface area contributed by atoms with Gasteiger partial charge in [0.05, 0.1) is 22.3 Å². The second-order valence-corrected chi connectivity index (χ2v) is 10.9. The molecule has 1 aliphatic rings. The standard InChI is InChI=1S/C19H15Br2Cl2FN4O2/c1-27-16(29)15(28(18(27)30)14-9-5-3-7-12(14)24)26-17(19(20,21)10-22)25-13-8-4-2-6-11(13)23/h2-9,17,25H,10H2,1H3. The van der Waals surface area contributed by atoms with E-state index in [2.05, 4.69) is 42.2 Å². The van der Waals surface area contributed by atoms with Gasteiger partial charge in [0.1, 0.15) is 15.2 Å². The molecule has 1 fully saturated rings. The first-order valence-electron chi connectivity index (χ1n) is 8.56. The molecule has 3 amide bonds. The van der Waals surface area contributed by atoms with Crippen LogP contribution >= 0.6 is 55.1 Å². The van der Waals surface area contributed by atoms with Crippen LogP contribution < -0.4 is 10.2 Å². The van der Waals surface area contributed by atoms with Crippen LogP contribution in [0, 0.1) is 5.82 Å². The lowest BCUT2D eigenvalue weighted by atomic mass is 10.2. The molecular weight excluding hydrogens is 566 g/mol. The Balaban J connectivity index is 2.11. The van der Waals surface area contributed by atoms with E-state index in [9.17, 15) is 14.0 Å². The van der Waals surface area contributed by atoms with Gasteiger partial charge in [0, 0.05) is 7.05 Å². The molecule has 158 valence electrons. The molecule has 2 aromatic rings. The summed E-state index contributed by atoms with van der Waals surface area (Å²) < 4.78 is 13.4. The van der Waals surface area contributed by atoms with Crippen molar-refractivity contribution in [3.63, 3.8) is 0 Å². The molecule has 1 heterocycles. The molecule has 2 aromatic carbocycles. The summed E-state index contributed by atoms with van der Waals surface area (Å²) in [6.07, 6.45) is -0.901. The van der Waals surface area contributed by atoms with Gasteiger partial charge in [0.2, 0.25) is 5.84 Å². The predicted molar refractivity (Wildman–Crippen MR) is 125 cm³/mol. The summed E-state index contributed by atoms with van der Waals surface area (Å²) in [5.41, 5.74) is 0.445. The van der Waals surface area contributed by atoms with Crippen molar-refractivity contribution < 1.29 is 14.0 Å². The van der Waals surface area contributed by atoms with E-state index in [1.807, 2.05) is 0 Å². The van der Waals surface area contributed by atoms with Crippen LogP contribution in [0.25, 0.3) is 0 Å². The summed E-state index contributed by atoms with van der Waals surface area (Å²) >= 11 is 19.2. The molecule has 11 heteroatoms. The first-order chi connectivity index (χ1) is 14.2. The fraction of sp³-hybridized carbons (Fsp3) is 0.211. The molecule has 30 heavy (non-hydrogen) atoms. The number of carbonyl (C=O) groups is 2. The number of amides is 3. The van der Waals surface area contributed by atoms with Crippen molar-refractivity contribution in [3.8, 4) is 0 Å². The van der Waals surface area contributed by atoms with E-state index in [1.165, 1.54) is 25.2 Å². The monoisotopic (exact) mass is 578 g/mol. The number of alkyl halides is 3. The lowest BCUT2D eigenvalue weighted by molar-refractivity contribution is -0.119. The number of imide groups is 1. The van der Waals surface area contributed by atoms with Gasteiger partial charge in [0.25, 0.3) is 5.91 Å². The number of carbonyl (C=O) groups excluding carboxylic acids is 2. The summed E-state index contributed by atoms with van der Waals surface area (Å²) in [6.45, 7) is 0. The molecule has 3 rings (SSSR count). The third-order valence-corrected chi connectivity index (χ3v) is 7.10. The van der Waals surface area contributed by atoms with E-state index in [0.29, 0.717) is 10.7 Å². The Labute approximate surface area is 199 Å². The molecule has 0 radical (unpaired) electrons. The van der Waals surface area contributed by atoms with Crippen LogP contribution in [0.2, 0.25) is 5.02 Å². The molecule has 1 N–H and O–H groups in total. The van der Waals surface area contributed by atoms with Crippen molar-refractivity contribution in [1.82, 2.24) is 4.90 Å². The average molecular weight is 581 g/mol. The Morgan fingerprint density at radius 3 is 2.43 bits per heavy atom. The molecule has 0 saturated carbocycles. The van der Waals surface area contributed by atoms with E-state index in [4.69, 9.17) is 23.2 Å². The summed E-state index contributed by atoms with van der Waals surface area (Å²) in [6, 6.07) is 11.9. The highest BCUT2D eigenvalue weighted by Crippen LogP contribution is 2.36. The Kier molecular flexibility index (Phi) is 7.06. The number of nitrogens with one attached hydrogen (secondary N) is 1. The number of aliphatic imine (C=N–C) groups is 1. The third-order valence-electron chi connectivity index (χ3n) is 4.27. The number of benzene rings is 2. The van der Waals surface area contributed by atoms with E-state index < -0.39 is 27.2 Å². The zero-order valence-corrected chi connectivity index (χ0v) is 20.1. The summed E-state index contributed by atoms with van der Waals surface area (Å²) in [4.78, 5) is 31.7. The maximum atomic E-state index is 14.4. The first-order valence-corrected chi connectivity index (χ1v) is 11.1. The molecule has 0 bridgehead atoms. The van der Waals surface area contributed by atoms with Gasteiger partial charge in [0.15, 0.2) is 0 Å². The number of hydrogen-bond donors (Lipinski definition) is 1. The van der Waals surface area contributed by atoms with Gasteiger partial charge < -0.3 is 5.32 Å². The van der Waals surface area contributed by atoms with Crippen molar-refractivity contribution in [3.05, 3.63) is 59.4 Å². The van der Waals surface area contributed by atoms with Crippen molar-refractivity contribution in [2.24, 2.45) is 4.99 Å².